The highest BCUT2D eigenvalue weighted by Gasteiger charge is 2.24. The molecule has 0 spiro atoms. The Hall–Kier alpha value is -0.930. The van der Waals surface area contributed by atoms with Crippen LogP contribution in [-0.2, 0) is 6.54 Å². The SMILES string of the molecule is Cc1ncccc1CNC1CCCC1O. The van der Waals surface area contributed by atoms with Gasteiger partial charge in [0, 0.05) is 24.5 Å². The van der Waals surface area contributed by atoms with Crippen LogP contribution in [0.1, 0.15) is 30.5 Å². The second-order valence-electron chi connectivity index (χ2n) is 4.23. The second-order valence-corrected chi connectivity index (χ2v) is 4.23. The molecule has 1 aromatic heterocycles. The van der Waals surface area contributed by atoms with Crippen molar-refractivity contribution in [1.29, 1.82) is 0 Å². The van der Waals surface area contributed by atoms with Crippen molar-refractivity contribution >= 4 is 0 Å². The maximum absolute atomic E-state index is 9.66. The number of aromatic nitrogens is 1. The molecule has 2 rings (SSSR count). The minimum atomic E-state index is -0.165. The molecule has 0 amide bonds. The number of aryl methyl sites for hydroxylation is 1. The van der Waals surface area contributed by atoms with Crippen LogP contribution in [0.3, 0.4) is 0 Å². The summed E-state index contributed by atoms with van der Waals surface area (Å²) in [6, 6.07) is 4.30. The van der Waals surface area contributed by atoms with E-state index in [1.165, 1.54) is 5.56 Å². The zero-order valence-electron chi connectivity index (χ0n) is 9.11. The largest absolute Gasteiger partial charge is 0.392 e. The van der Waals surface area contributed by atoms with Gasteiger partial charge in [-0.15, -0.1) is 0 Å². The number of aliphatic hydroxyl groups is 1. The van der Waals surface area contributed by atoms with E-state index in [0.717, 1.165) is 31.5 Å². The fourth-order valence-electron chi connectivity index (χ4n) is 2.12. The van der Waals surface area contributed by atoms with Crippen molar-refractivity contribution in [2.45, 2.75) is 44.9 Å². The van der Waals surface area contributed by atoms with Crippen LogP contribution in [0.25, 0.3) is 0 Å². The van der Waals surface area contributed by atoms with Gasteiger partial charge in [-0.05, 0) is 37.8 Å². The molecule has 0 bridgehead atoms. The number of aliphatic hydroxyl groups excluding tert-OH is 1. The van der Waals surface area contributed by atoms with Crippen LogP contribution < -0.4 is 5.32 Å². The third-order valence-electron chi connectivity index (χ3n) is 3.15. The zero-order valence-corrected chi connectivity index (χ0v) is 9.11. The van der Waals surface area contributed by atoms with Crippen molar-refractivity contribution in [3.8, 4) is 0 Å². The Bertz CT molecular complexity index is 327. The summed E-state index contributed by atoms with van der Waals surface area (Å²) in [7, 11) is 0. The van der Waals surface area contributed by atoms with Gasteiger partial charge in [-0.1, -0.05) is 6.07 Å². The molecule has 0 radical (unpaired) electrons. The minimum Gasteiger partial charge on any atom is -0.392 e. The molecule has 3 nitrogen and oxygen atoms in total. The highest BCUT2D eigenvalue weighted by Crippen LogP contribution is 2.19. The summed E-state index contributed by atoms with van der Waals surface area (Å²) in [6.07, 6.45) is 4.79. The first kappa shape index (κ1) is 10.6. The number of nitrogens with one attached hydrogen (secondary N) is 1. The smallest absolute Gasteiger partial charge is 0.0693 e. The fourth-order valence-corrected chi connectivity index (χ4v) is 2.12. The number of pyridine rings is 1. The first-order valence-corrected chi connectivity index (χ1v) is 5.59. The summed E-state index contributed by atoms with van der Waals surface area (Å²) in [4.78, 5) is 4.24. The van der Waals surface area contributed by atoms with Crippen LogP contribution in [0.4, 0.5) is 0 Å². The molecule has 0 aliphatic heterocycles. The Morgan fingerprint density at radius 3 is 3.07 bits per heavy atom. The zero-order chi connectivity index (χ0) is 10.7. The molecular formula is C12H18N2O. The Balaban J connectivity index is 1.90. The van der Waals surface area contributed by atoms with Gasteiger partial charge in [0.1, 0.15) is 0 Å². The van der Waals surface area contributed by atoms with Gasteiger partial charge < -0.3 is 10.4 Å². The van der Waals surface area contributed by atoms with Crippen LogP contribution in [0.15, 0.2) is 18.3 Å². The Labute approximate surface area is 90.5 Å². The van der Waals surface area contributed by atoms with Gasteiger partial charge in [0.2, 0.25) is 0 Å². The van der Waals surface area contributed by atoms with Crippen molar-refractivity contribution in [2.75, 3.05) is 0 Å². The van der Waals surface area contributed by atoms with Crippen molar-refractivity contribution in [3.05, 3.63) is 29.6 Å². The number of rotatable bonds is 3. The Morgan fingerprint density at radius 1 is 1.53 bits per heavy atom. The Morgan fingerprint density at radius 2 is 2.40 bits per heavy atom. The maximum Gasteiger partial charge on any atom is 0.0693 e. The van der Waals surface area contributed by atoms with E-state index in [4.69, 9.17) is 0 Å². The third kappa shape index (κ3) is 2.55. The standard InChI is InChI=1S/C12H18N2O/c1-9-10(4-3-7-13-9)8-14-11-5-2-6-12(11)15/h3-4,7,11-12,14-15H,2,5-6,8H2,1H3. The van der Waals surface area contributed by atoms with Gasteiger partial charge in [0.15, 0.2) is 0 Å². The minimum absolute atomic E-state index is 0.165. The van der Waals surface area contributed by atoms with Crippen molar-refractivity contribution in [2.24, 2.45) is 0 Å². The highest BCUT2D eigenvalue weighted by molar-refractivity contribution is 5.18. The summed E-state index contributed by atoms with van der Waals surface area (Å²) < 4.78 is 0. The van der Waals surface area contributed by atoms with E-state index >= 15 is 0 Å². The van der Waals surface area contributed by atoms with E-state index in [0.29, 0.717) is 0 Å². The lowest BCUT2D eigenvalue weighted by atomic mass is 10.1. The average Bonchev–Trinajstić information content (AvgIpc) is 2.63. The molecule has 1 fully saturated rings. The topological polar surface area (TPSA) is 45.2 Å². The molecule has 2 unspecified atom stereocenters. The van der Waals surface area contributed by atoms with Crippen LogP contribution in [0, 0.1) is 6.92 Å². The van der Waals surface area contributed by atoms with Crippen molar-refractivity contribution in [1.82, 2.24) is 10.3 Å². The molecule has 0 aromatic carbocycles. The van der Waals surface area contributed by atoms with Gasteiger partial charge in [-0.3, -0.25) is 4.98 Å². The molecule has 1 aliphatic carbocycles. The van der Waals surface area contributed by atoms with Gasteiger partial charge >= 0.3 is 0 Å². The van der Waals surface area contributed by atoms with Crippen LogP contribution in [0.5, 0.6) is 0 Å². The lowest BCUT2D eigenvalue weighted by molar-refractivity contribution is 0.148. The third-order valence-corrected chi connectivity index (χ3v) is 3.15. The summed E-state index contributed by atoms with van der Waals surface area (Å²) in [6.45, 7) is 2.82. The highest BCUT2D eigenvalue weighted by atomic mass is 16.3. The molecule has 1 heterocycles. The number of nitrogens with zero attached hydrogens (tertiary/aromatic N) is 1. The van der Waals surface area contributed by atoms with E-state index in [1.807, 2.05) is 19.2 Å². The Kier molecular flexibility index (Phi) is 3.34. The summed E-state index contributed by atoms with van der Waals surface area (Å²) >= 11 is 0. The molecule has 1 aromatic rings. The van der Waals surface area contributed by atoms with Crippen molar-refractivity contribution < 1.29 is 5.11 Å². The van der Waals surface area contributed by atoms with Gasteiger partial charge in [-0.25, -0.2) is 0 Å². The van der Waals surface area contributed by atoms with E-state index in [2.05, 4.69) is 16.4 Å². The first-order chi connectivity index (χ1) is 7.27. The molecule has 2 atom stereocenters. The lowest BCUT2D eigenvalue weighted by Gasteiger charge is -2.16. The molecule has 82 valence electrons. The average molecular weight is 206 g/mol. The first-order valence-electron chi connectivity index (χ1n) is 5.59. The molecule has 1 aliphatic rings. The van der Waals surface area contributed by atoms with E-state index in [9.17, 15) is 5.11 Å². The fraction of sp³-hybridized carbons (Fsp3) is 0.583. The van der Waals surface area contributed by atoms with Crippen LogP contribution in [0.2, 0.25) is 0 Å². The molecule has 0 saturated heterocycles. The van der Waals surface area contributed by atoms with E-state index in [1.54, 1.807) is 0 Å². The lowest BCUT2D eigenvalue weighted by Crippen LogP contribution is -2.35. The van der Waals surface area contributed by atoms with E-state index in [-0.39, 0.29) is 12.1 Å². The quantitative estimate of drug-likeness (QED) is 0.785. The molecule has 2 N–H and O–H groups in total. The predicted molar refractivity (Wildman–Crippen MR) is 59.5 cm³/mol. The van der Waals surface area contributed by atoms with Gasteiger partial charge in [0.25, 0.3) is 0 Å². The van der Waals surface area contributed by atoms with E-state index < -0.39 is 0 Å². The van der Waals surface area contributed by atoms with Gasteiger partial charge in [0.05, 0.1) is 6.10 Å². The molecule has 15 heavy (non-hydrogen) atoms. The van der Waals surface area contributed by atoms with Crippen LogP contribution >= 0.6 is 0 Å². The molecular weight excluding hydrogens is 188 g/mol. The monoisotopic (exact) mass is 206 g/mol. The normalized spacial score (nSPS) is 25.7. The van der Waals surface area contributed by atoms with Crippen molar-refractivity contribution in [3.63, 3.8) is 0 Å². The summed E-state index contributed by atoms with van der Waals surface area (Å²) in [5.41, 5.74) is 2.29. The number of hydrogen-bond donors (Lipinski definition) is 2. The summed E-state index contributed by atoms with van der Waals surface area (Å²) in [5, 5.41) is 13.1. The second kappa shape index (κ2) is 4.73. The molecule has 3 heteroatoms. The maximum atomic E-state index is 9.66. The van der Waals surface area contributed by atoms with Gasteiger partial charge in [-0.2, -0.15) is 0 Å². The summed E-state index contributed by atoms with van der Waals surface area (Å²) in [5.74, 6) is 0. The predicted octanol–water partition coefficient (Wildman–Crippen LogP) is 1.39. The molecule has 1 saturated carbocycles. The van der Waals surface area contributed by atoms with Crippen LogP contribution in [-0.4, -0.2) is 22.2 Å². The number of hydrogen-bond acceptors (Lipinski definition) is 3.